The molecule has 6 N–H and O–H groups in total. The lowest BCUT2D eigenvalue weighted by molar-refractivity contribution is -0.277. The number of anilines is 1. The van der Waals surface area contributed by atoms with Crippen LogP contribution in [0.3, 0.4) is 0 Å². The molecule has 4 rings (SSSR count). The highest BCUT2D eigenvalue weighted by Crippen LogP contribution is 2.34. The zero-order valence-corrected chi connectivity index (χ0v) is 18.7. The number of ether oxygens (including phenoxy) is 4. The van der Waals surface area contributed by atoms with E-state index in [9.17, 15) is 25.2 Å². The number of fused-ring (bicyclic) bond motifs is 1. The van der Waals surface area contributed by atoms with Gasteiger partial charge in [-0.05, 0) is 48.7 Å². The van der Waals surface area contributed by atoms with Crippen molar-refractivity contribution in [1.29, 1.82) is 0 Å². The summed E-state index contributed by atoms with van der Waals surface area (Å²) in [6.07, 6.45) is -6.76. The summed E-state index contributed by atoms with van der Waals surface area (Å²) >= 11 is 0. The number of hydrogen-bond acceptors (Lipinski definition) is 10. The molecule has 2 aromatic carbocycles. The monoisotopic (exact) mass is 475 g/mol. The van der Waals surface area contributed by atoms with Gasteiger partial charge in [0.15, 0.2) is 17.3 Å². The molecule has 2 aliphatic rings. The third kappa shape index (κ3) is 4.96. The summed E-state index contributed by atoms with van der Waals surface area (Å²) in [5.41, 5.74) is 8.08. The maximum Gasteiger partial charge on any atom is 0.229 e. The van der Waals surface area contributed by atoms with Crippen LogP contribution >= 0.6 is 0 Å². The number of hydrogen-bond donors (Lipinski definition) is 5. The molecule has 0 bridgehead atoms. The van der Waals surface area contributed by atoms with Gasteiger partial charge in [-0.25, -0.2) is 0 Å². The molecule has 10 heteroatoms. The van der Waals surface area contributed by atoms with Gasteiger partial charge in [0.1, 0.15) is 43.4 Å². The van der Waals surface area contributed by atoms with Gasteiger partial charge in [0.05, 0.1) is 12.2 Å². The Labute approximate surface area is 196 Å². The summed E-state index contributed by atoms with van der Waals surface area (Å²) in [4.78, 5) is 13.2. The first kappa shape index (κ1) is 24.2. The van der Waals surface area contributed by atoms with E-state index in [4.69, 9.17) is 24.7 Å². The Morgan fingerprint density at radius 1 is 1.06 bits per heavy atom. The van der Waals surface area contributed by atoms with Crippen LogP contribution in [0.4, 0.5) is 5.69 Å². The van der Waals surface area contributed by atoms with Gasteiger partial charge in [0.2, 0.25) is 6.29 Å². The zero-order chi connectivity index (χ0) is 24.4. The standard InChI is InChI=1S/C24H29NO9/c1-12-8-14(25)20(15(27)4-2-13-3-5-16-17(10-13)32-7-6-31-16)18(9-12)33-24-23(30)22(29)21(28)19(11-26)34-24/h3,5,8-10,19,21-24,26,28-30H,2,4,6-7,11,25H2,1H3/t19-,21-,22+,23-,24-/m1/s1. The number of carbonyl (C=O) groups is 1. The normalized spacial score (nSPS) is 26.2. The molecule has 0 aromatic heterocycles. The van der Waals surface area contributed by atoms with Gasteiger partial charge >= 0.3 is 0 Å². The molecule has 10 nitrogen and oxygen atoms in total. The molecule has 0 spiro atoms. The third-order valence-corrected chi connectivity index (χ3v) is 5.89. The van der Waals surface area contributed by atoms with E-state index in [0.717, 1.165) is 5.56 Å². The zero-order valence-electron chi connectivity index (χ0n) is 18.7. The lowest BCUT2D eigenvalue weighted by Gasteiger charge is -2.39. The van der Waals surface area contributed by atoms with E-state index in [0.29, 0.717) is 36.7 Å². The van der Waals surface area contributed by atoms with Gasteiger partial charge < -0.3 is 45.1 Å². The fourth-order valence-electron chi connectivity index (χ4n) is 4.09. The number of nitrogens with two attached hydrogens (primary N) is 1. The number of benzene rings is 2. The lowest BCUT2D eigenvalue weighted by Crippen LogP contribution is -2.60. The van der Waals surface area contributed by atoms with Crippen LogP contribution in [-0.4, -0.2) is 76.7 Å². The first-order valence-electron chi connectivity index (χ1n) is 11.1. The van der Waals surface area contributed by atoms with Crippen molar-refractivity contribution in [2.75, 3.05) is 25.6 Å². The van der Waals surface area contributed by atoms with Gasteiger partial charge in [-0.2, -0.15) is 0 Å². The summed E-state index contributed by atoms with van der Waals surface area (Å²) < 4.78 is 22.3. The van der Waals surface area contributed by atoms with Crippen LogP contribution in [0.1, 0.15) is 27.9 Å². The number of nitrogen functional groups attached to an aromatic ring is 1. The molecule has 0 saturated carbocycles. The van der Waals surface area contributed by atoms with Crippen LogP contribution in [-0.2, 0) is 11.2 Å². The second-order valence-electron chi connectivity index (χ2n) is 8.44. The molecule has 0 unspecified atom stereocenters. The van der Waals surface area contributed by atoms with E-state index in [1.54, 1.807) is 19.1 Å². The molecule has 1 fully saturated rings. The summed E-state index contributed by atoms with van der Waals surface area (Å²) in [7, 11) is 0. The predicted molar refractivity (Wildman–Crippen MR) is 120 cm³/mol. The largest absolute Gasteiger partial charge is 0.486 e. The van der Waals surface area contributed by atoms with E-state index in [-0.39, 0.29) is 29.2 Å². The minimum Gasteiger partial charge on any atom is -0.486 e. The number of aliphatic hydroxyl groups is 4. The fraction of sp³-hybridized carbons (Fsp3) is 0.458. The van der Waals surface area contributed by atoms with Gasteiger partial charge in [-0.15, -0.1) is 0 Å². The van der Waals surface area contributed by atoms with Gasteiger partial charge in [0.25, 0.3) is 0 Å². The highest BCUT2D eigenvalue weighted by molar-refractivity contribution is 6.03. The minimum absolute atomic E-state index is 0.0778. The molecule has 0 amide bonds. The molecule has 5 atom stereocenters. The Kier molecular flexibility index (Phi) is 7.24. The fourth-order valence-corrected chi connectivity index (χ4v) is 4.09. The van der Waals surface area contributed by atoms with Gasteiger partial charge in [-0.1, -0.05) is 6.07 Å². The molecule has 0 radical (unpaired) electrons. The molecule has 2 aromatic rings. The SMILES string of the molecule is Cc1cc(N)c(C(=O)CCc2ccc3c(c2)OCCO3)c(O[C@@H]2O[C@H](CO)[C@@H](O)[C@H](O)[C@H]2O)c1. The van der Waals surface area contributed by atoms with Crippen molar-refractivity contribution in [3.63, 3.8) is 0 Å². The average molecular weight is 475 g/mol. The minimum atomic E-state index is -1.61. The van der Waals surface area contributed by atoms with Crippen molar-refractivity contribution in [1.82, 2.24) is 0 Å². The predicted octanol–water partition coefficient (Wildman–Crippen LogP) is 0.343. The number of rotatable bonds is 7. The van der Waals surface area contributed by atoms with Crippen molar-refractivity contribution in [3.8, 4) is 17.2 Å². The summed E-state index contributed by atoms with van der Waals surface area (Å²) in [5, 5.41) is 39.8. The van der Waals surface area contributed by atoms with Crippen LogP contribution in [0.5, 0.6) is 17.2 Å². The van der Waals surface area contributed by atoms with E-state index in [1.807, 2.05) is 18.2 Å². The first-order chi connectivity index (χ1) is 16.3. The van der Waals surface area contributed by atoms with E-state index in [2.05, 4.69) is 0 Å². The van der Waals surface area contributed by atoms with E-state index in [1.165, 1.54) is 0 Å². The Balaban J connectivity index is 1.52. The van der Waals surface area contributed by atoms with Crippen LogP contribution in [0, 0.1) is 6.92 Å². The molecule has 1 saturated heterocycles. The molecule has 0 aliphatic carbocycles. The number of aliphatic hydroxyl groups excluding tert-OH is 4. The highest BCUT2D eigenvalue weighted by Gasteiger charge is 2.45. The second-order valence-corrected chi connectivity index (χ2v) is 8.44. The Bertz CT molecular complexity index is 1040. The van der Waals surface area contributed by atoms with E-state index < -0.39 is 37.3 Å². The highest BCUT2D eigenvalue weighted by atomic mass is 16.7. The van der Waals surface area contributed by atoms with Crippen molar-refractivity contribution in [2.45, 2.75) is 50.5 Å². The van der Waals surface area contributed by atoms with Crippen LogP contribution in [0.25, 0.3) is 0 Å². The summed E-state index contributed by atoms with van der Waals surface area (Å²) in [6, 6.07) is 8.73. The Hall–Kier alpha value is -2.89. The van der Waals surface area contributed by atoms with Crippen molar-refractivity contribution < 1.29 is 44.2 Å². The Morgan fingerprint density at radius 3 is 2.53 bits per heavy atom. The maximum absolute atomic E-state index is 13.2. The summed E-state index contributed by atoms with van der Waals surface area (Å²) in [5.74, 6) is 1.10. The summed E-state index contributed by atoms with van der Waals surface area (Å²) in [6.45, 7) is 2.13. The van der Waals surface area contributed by atoms with Gasteiger partial charge in [-0.3, -0.25) is 4.79 Å². The van der Waals surface area contributed by atoms with Crippen molar-refractivity contribution in [3.05, 3.63) is 47.0 Å². The molecule has 184 valence electrons. The van der Waals surface area contributed by atoms with Gasteiger partial charge in [0, 0.05) is 12.1 Å². The number of ketones is 1. The number of aryl methyl sites for hydroxylation is 2. The van der Waals surface area contributed by atoms with Crippen LogP contribution in [0.15, 0.2) is 30.3 Å². The second kappa shape index (κ2) is 10.2. The maximum atomic E-state index is 13.2. The average Bonchev–Trinajstić information content (AvgIpc) is 2.82. The van der Waals surface area contributed by atoms with Crippen LogP contribution < -0.4 is 19.9 Å². The Morgan fingerprint density at radius 2 is 1.79 bits per heavy atom. The molecule has 2 heterocycles. The molecule has 2 aliphatic heterocycles. The quantitative estimate of drug-likeness (QED) is 0.279. The molecular weight excluding hydrogens is 446 g/mol. The smallest absolute Gasteiger partial charge is 0.229 e. The molecular formula is C24H29NO9. The van der Waals surface area contributed by atoms with Crippen molar-refractivity contribution in [2.24, 2.45) is 0 Å². The van der Waals surface area contributed by atoms with E-state index >= 15 is 0 Å². The first-order valence-corrected chi connectivity index (χ1v) is 11.1. The number of Topliss-reactive ketones (excluding diaryl/α,β-unsaturated/α-hetero) is 1. The van der Waals surface area contributed by atoms with Crippen LogP contribution in [0.2, 0.25) is 0 Å². The topological polar surface area (TPSA) is 161 Å². The lowest BCUT2D eigenvalue weighted by atomic mass is 9.98. The van der Waals surface area contributed by atoms with Crippen molar-refractivity contribution >= 4 is 11.5 Å². The third-order valence-electron chi connectivity index (χ3n) is 5.89. The number of carbonyl (C=O) groups excluding carboxylic acids is 1. The molecule has 34 heavy (non-hydrogen) atoms.